The summed E-state index contributed by atoms with van der Waals surface area (Å²) in [6.07, 6.45) is -2.46. The van der Waals surface area contributed by atoms with Crippen molar-refractivity contribution in [3.05, 3.63) is 29.8 Å². The Hall–Kier alpha value is -1.60. The van der Waals surface area contributed by atoms with Crippen molar-refractivity contribution in [2.24, 2.45) is 5.73 Å². The molecule has 4 heteroatoms. The fourth-order valence-corrected chi connectivity index (χ4v) is 0.947. The first kappa shape index (κ1) is 11.5. The zero-order valence-corrected chi connectivity index (χ0v) is 8.04. The van der Waals surface area contributed by atoms with Gasteiger partial charge in [0.15, 0.2) is 0 Å². The average molecular weight is 211 g/mol. The van der Waals surface area contributed by atoms with Crippen LogP contribution in [-0.4, -0.2) is 19.6 Å². The van der Waals surface area contributed by atoms with Crippen LogP contribution in [0.15, 0.2) is 24.3 Å². The quantitative estimate of drug-likeness (QED) is 0.771. The van der Waals surface area contributed by atoms with Crippen LogP contribution in [0.5, 0.6) is 5.75 Å². The predicted octanol–water partition coefficient (Wildman–Crippen LogP) is 1.64. The van der Waals surface area contributed by atoms with Gasteiger partial charge in [-0.05, 0) is 24.3 Å². The molecule has 0 unspecified atom stereocenters. The topological polar surface area (TPSA) is 35.2 Å². The van der Waals surface area contributed by atoms with E-state index in [1.807, 2.05) is 0 Å². The minimum atomic E-state index is -2.46. The Balaban J connectivity index is 2.56. The molecular weight excluding hydrogens is 200 g/mol. The maximum absolute atomic E-state index is 11.8. The van der Waals surface area contributed by atoms with Crippen molar-refractivity contribution in [1.29, 1.82) is 0 Å². The SMILES string of the molecule is NCC#Cc1ccc(OCC(F)F)cc1. The largest absolute Gasteiger partial charge is 0.488 e. The van der Waals surface area contributed by atoms with E-state index in [4.69, 9.17) is 10.5 Å². The molecule has 80 valence electrons. The molecule has 15 heavy (non-hydrogen) atoms. The second-order valence-corrected chi connectivity index (χ2v) is 2.73. The number of hydrogen-bond acceptors (Lipinski definition) is 2. The molecule has 0 bridgehead atoms. The fraction of sp³-hybridized carbons (Fsp3) is 0.273. The van der Waals surface area contributed by atoms with Crippen molar-refractivity contribution in [3.63, 3.8) is 0 Å². The molecule has 0 aliphatic heterocycles. The van der Waals surface area contributed by atoms with Gasteiger partial charge in [0.25, 0.3) is 6.43 Å². The van der Waals surface area contributed by atoms with Gasteiger partial charge in [0, 0.05) is 5.56 Å². The second-order valence-electron chi connectivity index (χ2n) is 2.73. The van der Waals surface area contributed by atoms with Crippen LogP contribution in [0, 0.1) is 11.8 Å². The van der Waals surface area contributed by atoms with Gasteiger partial charge in [0.2, 0.25) is 0 Å². The van der Waals surface area contributed by atoms with Crippen LogP contribution in [0.4, 0.5) is 8.78 Å². The molecule has 0 radical (unpaired) electrons. The van der Waals surface area contributed by atoms with Gasteiger partial charge in [0.1, 0.15) is 12.4 Å². The lowest BCUT2D eigenvalue weighted by Gasteiger charge is -2.04. The third kappa shape index (κ3) is 4.43. The highest BCUT2D eigenvalue weighted by Crippen LogP contribution is 2.12. The zero-order chi connectivity index (χ0) is 11.1. The maximum atomic E-state index is 11.8. The summed E-state index contributed by atoms with van der Waals surface area (Å²) in [4.78, 5) is 0. The molecule has 0 aliphatic carbocycles. The molecule has 2 nitrogen and oxygen atoms in total. The van der Waals surface area contributed by atoms with Crippen molar-refractivity contribution in [2.75, 3.05) is 13.2 Å². The molecule has 0 saturated heterocycles. The molecule has 1 aromatic rings. The summed E-state index contributed by atoms with van der Waals surface area (Å²) in [5.41, 5.74) is 5.99. The highest BCUT2D eigenvalue weighted by molar-refractivity contribution is 5.38. The van der Waals surface area contributed by atoms with Crippen LogP contribution in [0.3, 0.4) is 0 Å². The third-order valence-electron chi connectivity index (χ3n) is 1.57. The maximum Gasteiger partial charge on any atom is 0.272 e. The third-order valence-corrected chi connectivity index (χ3v) is 1.57. The minimum absolute atomic E-state index is 0.295. The van der Waals surface area contributed by atoms with E-state index in [0.717, 1.165) is 5.56 Å². The van der Waals surface area contributed by atoms with E-state index in [2.05, 4.69) is 11.8 Å². The lowest BCUT2D eigenvalue weighted by Crippen LogP contribution is -2.06. The van der Waals surface area contributed by atoms with Crippen molar-refractivity contribution in [2.45, 2.75) is 6.43 Å². The van der Waals surface area contributed by atoms with Gasteiger partial charge in [-0.3, -0.25) is 0 Å². The van der Waals surface area contributed by atoms with Gasteiger partial charge in [-0.25, -0.2) is 8.78 Å². The molecule has 0 fully saturated rings. The smallest absolute Gasteiger partial charge is 0.272 e. The molecule has 0 spiro atoms. The number of ether oxygens (including phenoxy) is 1. The van der Waals surface area contributed by atoms with Crippen LogP contribution < -0.4 is 10.5 Å². The number of nitrogens with two attached hydrogens (primary N) is 1. The number of alkyl halides is 2. The molecule has 0 aromatic heterocycles. The Morgan fingerprint density at radius 3 is 2.47 bits per heavy atom. The van der Waals surface area contributed by atoms with Crippen molar-refractivity contribution < 1.29 is 13.5 Å². The number of halogens is 2. The molecule has 0 heterocycles. The van der Waals surface area contributed by atoms with Gasteiger partial charge in [-0.2, -0.15) is 0 Å². The Bertz CT molecular complexity index is 351. The zero-order valence-electron chi connectivity index (χ0n) is 8.04. The van der Waals surface area contributed by atoms with Gasteiger partial charge in [0.05, 0.1) is 6.54 Å². The van der Waals surface area contributed by atoms with E-state index in [-0.39, 0.29) is 0 Å². The van der Waals surface area contributed by atoms with Crippen LogP contribution in [0.25, 0.3) is 0 Å². The summed E-state index contributed by atoms with van der Waals surface area (Å²) >= 11 is 0. The van der Waals surface area contributed by atoms with E-state index in [1.54, 1.807) is 24.3 Å². The van der Waals surface area contributed by atoms with Crippen LogP contribution >= 0.6 is 0 Å². The van der Waals surface area contributed by atoms with Gasteiger partial charge >= 0.3 is 0 Å². The van der Waals surface area contributed by atoms with E-state index in [1.165, 1.54) is 0 Å². The summed E-state index contributed by atoms with van der Waals surface area (Å²) < 4.78 is 28.4. The Morgan fingerprint density at radius 2 is 1.93 bits per heavy atom. The summed E-state index contributed by atoms with van der Waals surface area (Å²) in [6, 6.07) is 6.60. The first-order valence-electron chi connectivity index (χ1n) is 4.42. The minimum Gasteiger partial charge on any atom is -0.488 e. The molecule has 1 rings (SSSR count). The number of hydrogen-bond donors (Lipinski definition) is 1. The van der Waals surface area contributed by atoms with Crippen molar-refractivity contribution >= 4 is 0 Å². The highest BCUT2D eigenvalue weighted by Gasteiger charge is 2.02. The molecule has 0 saturated carbocycles. The number of rotatable bonds is 3. The molecule has 0 atom stereocenters. The fourth-order valence-electron chi connectivity index (χ4n) is 0.947. The van der Waals surface area contributed by atoms with Crippen molar-refractivity contribution in [3.8, 4) is 17.6 Å². The Morgan fingerprint density at radius 1 is 1.27 bits per heavy atom. The Labute approximate surface area is 87.0 Å². The first-order chi connectivity index (χ1) is 7.22. The van der Waals surface area contributed by atoms with Crippen LogP contribution in [0.1, 0.15) is 5.56 Å². The average Bonchev–Trinajstić information content (AvgIpc) is 2.25. The molecule has 0 amide bonds. The Kier molecular flexibility index (Phi) is 4.58. The van der Waals surface area contributed by atoms with E-state index in [0.29, 0.717) is 12.3 Å². The molecule has 0 aliphatic rings. The molecule has 1 aromatic carbocycles. The molecular formula is C11H11F2NO. The van der Waals surface area contributed by atoms with E-state index in [9.17, 15) is 8.78 Å². The summed E-state index contributed by atoms with van der Waals surface area (Å²) in [6.45, 7) is -0.294. The van der Waals surface area contributed by atoms with E-state index >= 15 is 0 Å². The monoisotopic (exact) mass is 211 g/mol. The van der Waals surface area contributed by atoms with E-state index < -0.39 is 13.0 Å². The summed E-state index contributed by atoms with van der Waals surface area (Å²) in [7, 11) is 0. The van der Waals surface area contributed by atoms with Crippen molar-refractivity contribution in [1.82, 2.24) is 0 Å². The summed E-state index contributed by atoms with van der Waals surface area (Å²) in [5, 5.41) is 0. The lowest BCUT2D eigenvalue weighted by atomic mass is 10.2. The second kappa shape index (κ2) is 5.99. The summed E-state index contributed by atoms with van der Waals surface area (Å²) in [5.74, 6) is 5.92. The van der Waals surface area contributed by atoms with Crippen LogP contribution in [-0.2, 0) is 0 Å². The van der Waals surface area contributed by atoms with Gasteiger partial charge in [-0.15, -0.1) is 0 Å². The molecule has 2 N–H and O–H groups in total. The highest BCUT2D eigenvalue weighted by atomic mass is 19.3. The van der Waals surface area contributed by atoms with Gasteiger partial charge in [-0.1, -0.05) is 11.8 Å². The predicted molar refractivity (Wildman–Crippen MR) is 53.9 cm³/mol. The standard InChI is InChI=1S/C11H11F2NO/c12-11(13)8-15-10-5-3-9(4-6-10)2-1-7-14/h3-6,11H,7-8,14H2. The lowest BCUT2D eigenvalue weighted by molar-refractivity contribution is 0.0819. The van der Waals surface area contributed by atoms with Gasteiger partial charge < -0.3 is 10.5 Å². The number of benzene rings is 1. The van der Waals surface area contributed by atoms with Crippen LogP contribution in [0.2, 0.25) is 0 Å². The normalized spacial score (nSPS) is 9.60. The first-order valence-corrected chi connectivity index (χ1v) is 4.42.